The lowest BCUT2D eigenvalue weighted by atomic mass is 10.2. The molecule has 0 amide bonds. The van der Waals surface area contributed by atoms with E-state index in [2.05, 4.69) is 31.4 Å². The minimum atomic E-state index is 0.511. The van der Waals surface area contributed by atoms with Crippen LogP contribution in [0.15, 0.2) is 29.8 Å². The van der Waals surface area contributed by atoms with Gasteiger partial charge >= 0.3 is 0 Å². The third-order valence-electron chi connectivity index (χ3n) is 3.97. The topological polar surface area (TPSA) is 82.5 Å². The van der Waals surface area contributed by atoms with E-state index in [0.29, 0.717) is 5.82 Å². The van der Waals surface area contributed by atoms with E-state index in [1.54, 1.807) is 24.2 Å². The number of nitrogen functional groups attached to an aromatic ring is 1. The summed E-state index contributed by atoms with van der Waals surface area (Å²) in [5, 5.41) is 0.854. The van der Waals surface area contributed by atoms with Crippen molar-refractivity contribution in [2.75, 3.05) is 11.5 Å². The molecule has 0 aliphatic heterocycles. The number of hydrogen-bond acceptors (Lipinski definition) is 6. The van der Waals surface area contributed by atoms with Crippen molar-refractivity contribution in [1.29, 1.82) is 0 Å². The van der Waals surface area contributed by atoms with Gasteiger partial charge in [-0.1, -0.05) is 18.2 Å². The number of thioether (sulfide) groups is 1. The molecule has 126 valence electrons. The predicted molar refractivity (Wildman–Crippen MR) is 98.0 cm³/mol. The van der Waals surface area contributed by atoms with Crippen molar-refractivity contribution in [3.63, 3.8) is 0 Å². The number of nitrogens with zero attached hydrogens (tertiary/aromatic N) is 5. The maximum Gasteiger partial charge on any atom is 0.187 e. The van der Waals surface area contributed by atoms with Crippen LogP contribution in [0.4, 0.5) is 5.82 Å². The summed E-state index contributed by atoms with van der Waals surface area (Å²) < 4.78 is 2.26. The maximum absolute atomic E-state index is 5.96. The molecule has 3 aromatic heterocycles. The number of fused-ring (bicyclic) bond motifs is 1. The molecule has 6 nitrogen and oxygen atoms in total. The number of pyridine rings is 1. The average Bonchev–Trinajstić information content (AvgIpc) is 2.93. The Morgan fingerprint density at radius 1 is 1.08 bits per heavy atom. The molecule has 0 unspecified atom stereocenters. The Kier molecular flexibility index (Phi) is 5.30. The van der Waals surface area contributed by atoms with Gasteiger partial charge in [0.2, 0.25) is 0 Å². The van der Waals surface area contributed by atoms with Crippen LogP contribution in [0, 0.1) is 13.8 Å². The van der Waals surface area contributed by atoms with E-state index in [9.17, 15) is 0 Å². The first-order valence-electron chi connectivity index (χ1n) is 8.14. The quantitative estimate of drug-likeness (QED) is 0.403. The van der Waals surface area contributed by atoms with E-state index in [1.165, 1.54) is 6.42 Å². The van der Waals surface area contributed by atoms with E-state index in [1.807, 2.05) is 19.2 Å². The molecule has 0 bridgehead atoms. The molecular formula is C17H22N6S. The van der Waals surface area contributed by atoms with E-state index in [0.717, 1.165) is 52.7 Å². The second-order valence-electron chi connectivity index (χ2n) is 5.77. The lowest BCUT2D eigenvalue weighted by Gasteiger charge is -2.08. The van der Waals surface area contributed by atoms with Gasteiger partial charge in [0, 0.05) is 30.9 Å². The van der Waals surface area contributed by atoms with Crippen molar-refractivity contribution in [3.05, 3.63) is 36.0 Å². The Morgan fingerprint density at radius 2 is 1.88 bits per heavy atom. The summed E-state index contributed by atoms with van der Waals surface area (Å²) in [4.78, 5) is 17.2. The van der Waals surface area contributed by atoms with Crippen molar-refractivity contribution in [2.24, 2.45) is 0 Å². The number of unbranched alkanes of at least 4 members (excludes halogenated alkanes) is 2. The van der Waals surface area contributed by atoms with Gasteiger partial charge in [0.15, 0.2) is 11.0 Å². The summed E-state index contributed by atoms with van der Waals surface area (Å²) in [5.74, 6) is 2.56. The molecule has 3 heterocycles. The van der Waals surface area contributed by atoms with E-state index < -0.39 is 0 Å². The van der Waals surface area contributed by atoms with Gasteiger partial charge in [0.25, 0.3) is 0 Å². The molecule has 0 spiro atoms. The van der Waals surface area contributed by atoms with E-state index >= 15 is 0 Å². The second kappa shape index (κ2) is 7.61. The van der Waals surface area contributed by atoms with Crippen molar-refractivity contribution in [3.8, 4) is 0 Å². The van der Waals surface area contributed by atoms with E-state index in [4.69, 9.17) is 5.73 Å². The van der Waals surface area contributed by atoms with E-state index in [-0.39, 0.29) is 0 Å². The van der Waals surface area contributed by atoms with Gasteiger partial charge in [-0.25, -0.2) is 19.9 Å². The lowest BCUT2D eigenvalue weighted by Crippen LogP contribution is -2.02. The van der Waals surface area contributed by atoms with Gasteiger partial charge in [-0.05, 0) is 38.3 Å². The Morgan fingerprint density at radius 3 is 2.67 bits per heavy atom. The summed E-state index contributed by atoms with van der Waals surface area (Å²) in [6, 6.07) is 1.84. The fraction of sp³-hybridized carbons (Fsp3) is 0.412. The van der Waals surface area contributed by atoms with Gasteiger partial charge in [-0.15, -0.1) is 0 Å². The lowest BCUT2D eigenvalue weighted by molar-refractivity contribution is 0.603. The zero-order valence-corrected chi connectivity index (χ0v) is 14.9. The molecule has 24 heavy (non-hydrogen) atoms. The first-order valence-corrected chi connectivity index (χ1v) is 9.13. The fourth-order valence-electron chi connectivity index (χ4n) is 2.78. The molecule has 0 atom stereocenters. The Bertz CT molecular complexity index is 815. The number of aromatic nitrogens is 5. The monoisotopic (exact) mass is 342 g/mol. The van der Waals surface area contributed by atoms with Crippen LogP contribution in [0.2, 0.25) is 0 Å². The third kappa shape index (κ3) is 3.67. The number of imidazole rings is 1. The standard InChI is InChI=1S/C17H22N6S/c1-12-11-21-16(18)14-15(12)23(13(2)22-14)9-4-3-5-10-24-17-19-7-6-8-20-17/h6-8,11H,3-5,9-10H2,1-2H3,(H2,18,21). The van der Waals surface area contributed by atoms with Crippen molar-refractivity contribution in [1.82, 2.24) is 24.5 Å². The van der Waals surface area contributed by atoms with Gasteiger partial charge in [0.1, 0.15) is 11.3 Å². The van der Waals surface area contributed by atoms with Crippen LogP contribution in [-0.4, -0.2) is 30.3 Å². The molecule has 0 aliphatic carbocycles. The maximum atomic E-state index is 5.96. The van der Waals surface area contributed by atoms with Crippen molar-refractivity contribution >= 4 is 28.6 Å². The number of nitrogens with two attached hydrogens (primary N) is 1. The zero-order chi connectivity index (χ0) is 16.9. The molecule has 7 heteroatoms. The number of hydrogen-bond donors (Lipinski definition) is 1. The highest BCUT2D eigenvalue weighted by Gasteiger charge is 2.12. The largest absolute Gasteiger partial charge is 0.382 e. The zero-order valence-electron chi connectivity index (χ0n) is 14.1. The average molecular weight is 342 g/mol. The third-order valence-corrected chi connectivity index (χ3v) is 4.93. The van der Waals surface area contributed by atoms with Crippen LogP contribution < -0.4 is 5.73 Å². The fourth-order valence-corrected chi connectivity index (χ4v) is 3.58. The van der Waals surface area contributed by atoms with Crippen LogP contribution in [-0.2, 0) is 6.54 Å². The molecule has 0 aromatic carbocycles. The molecule has 3 aromatic rings. The predicted octanol–water partition coefficient (Wildman–Crippen LogP) is 3.38. The molecule has 0 fully saturated rings. The summed E-state index contributed by atoms with van der Waals surface area (Å²) in [6.07, 6.45) is 8.82. The van der Waals surface area contributed by atoms with Gasteiger partial charge in [-0.2, -0.15) is 0 Å². The smallest absolute Gasteiger partial charge is 0.187 e. The molecule has 0 saturated heterocycles. The molecule has 3 rings (SSSR count). The molecule has 0 radical (unpaired) electrons. The second-order valence-corrected chi connectivity index (χ2v) is 6.84. The number of anilines is 1. The minimum absolute atomic E-state index is 0.511. The summed E-state index contributed by atoms with van der Waals surface area (Å²) in [7, 11) is 0. The highest BCUT2D eigenvalue weighted by molar-refractivity contribution is 7.99. The first-order chi connectivity index (χ1) is 11.7. The van der Waals surface area contributed by atoms with Gasteiger partial charge in [0.05, 0.1) is 5.52 Å². The van der Waals surface area contributed by atoms with Crippen molar-refractivity contribution < 1.29 is 0 Å². The molecule has 0 saturated carbocycles. The Balaban J connectivity index is 1.53. The Labute approximate surface area is 145 Å². The van der Waals surface area contributed by atoms with Crippen LogP contribution >= 0.6 is 11.8 Å². The van der Waals surface area contributed by atoms with Gasteiger partial charge in [-0.3, -0.25) is 0 Å². The number of rotatable bonds is 7. The number of aryl methyl sites for hydroxylation is 3. The summed E-state index contributed by atoms with van der Waals surface area (Å²) in [6.45, 7) is 5.05. The van der Waals surface area contributed by atoms with Crippen LogP contribution in [0.1, 0.15) is 30.7 Å². The normalized spacial score (nSPS) is 11.2. The Hall–Kier alpha value is -2.15. The first kappa shape index (κ1) is 16.7. The summed E-state index contributed by atoms with van der Waals surface area (Å²) in [5.41, 5.74) is 9.02. The minimum Gasteiger partial charge on any atom is -0.382 e. The van der Waals surface area contributed by atoms with Crippen LogP contribution in [0.3, 0.4) is 0 Å². The van der Waals surface area contributed by atoms with Gasteiger partial charge < -0.3 is 10.3 Å². The highest BCUT2D eigenvalue weighted by Crippen LogP contribution is 2.24. The van der Waals surface area contributed by atoms with Crippen LogP contribution in [0.5, 0.6) is 0 Å². The summed E-state index contributed by atoms with van der Waals surface area (Å²) >= 11 is 1.71. The van der Waals surface area contributed by atoms with Crippen molar-refractivity contribution in [2.45, 2.75) is 44.8 Å². The SMILES string of the molecule is Cc1cnc(N)c2nc(C)n(CCCCCSc3ncccn3)c12. The molecule has 0 aliphatic rings. The molecular weight excluding hydrogens is 320 g/mol. The highest BCUT2D eigenvalue weighted by atomic mass is 32.2. The van der Waals surface area contributed by atoms with Crippen LogP contribution in [0.25, 0.3) is 11.0 Å². The molecule has 2 N–H and O–H groups in total.